The average Bonchev–Trinajstić information content (AvgIpc) is 2.81. The third-order valence-corrected chi connectivity index (χ3v) is 4.28. The van der Waals surface area contributed by atoms with Crippen molar-refractivity contribution in [2.75, 3.05) is 26.0 Å². The van der Waals surface area contributed by atoms with Crippen LogP contribution in [0.2, 0.25) is 0 Å². The van der Waals surface area contributed by atoms with Gasteiger partial charge in [0.25, 0.3) is 5.91 Å². The van der Waals surface area contributed by atoms with Gasteiger partial charge in [0, 0.05) is 30.1 Å². The molecule has 0 aliphatic carbocycles. The zero-order valence-corrected chi connectivity index (χ0v) is 12.9. The number of nitrogen functional groups attached to an aromatic ring is 1. The number of carbonyl (C=O) groups excluding carboxylic acids is 1. The van der Waals surface area contributed by atoms with E-state index in [1.807, 2.05) is 43.0 Å². The molecule has 0 aliphatic rings. The maximum Gasteiger partial charge on any atom is 0.264 e. The van der Waals surface area contributed by atoms with Crippen molar-refractivity contribution in [2.24, 2.45) is 0 Å². The highest BCUT2D eigenvalue weighted by Crippen LogP contribution is 2.28. The number of nitrogens with two attached hydrogens (primary N) is 1. The minimum absolute atomic E-state index is 0.0526. The normalized spacial score (nSPS) is 11.2. The lowest BCUT2D eigenvalue weighted by molar-refractivity contribution is 0.0640. The summed E-state index contributed by atoms with van der Waals surface area (Å²) < 4.78 is 6.16. The lowest BCUT2D eigenvalue weighted by Gasteiger charge is -2.25. The van der Waals surface area contributed by atoms with E-state index in [4.69, 9.17) is 10.5 Å². The molecule has 0 unspecified atom stereocenters. The molecule has 2 rings (SSSR count). The van der Waals surface area contributed by atoms with E-state index in [-0.39, 0.29) is 11.9 Å². The molecule has 0 fully saturated rings. The van der Waals surface area contributed by atoms with Crippen molar-refractivity contribution < 1.29 is 9.53 Å². The van der Waals surface area contributed by atoms with Crippen LogP contribution < -0.4 is 5.73 Å². The maximum atomic E-state index is 12.6. The van der Waals surface area contributed by atoms with Crippen LogP contribution in [0.15, 0.2) is 24.3 Å². The fraction of sp³-hybridized carbons (Fsp3) is 0.400. The number of hydrogen-bond donors (Lipinski definition) is 1. The van der Waals surface area contributed by atoms with Gasteiger partial charge in [-0.15, -0.1) is 11.3 Å². The van der Waals surface area contributed by atoms with Crippen LogP contribution in [-0.4, -0.2) is 37.1 Å². The summed E-state index contributed by atoms with van der Waals surface area (Å²) >= 11 is 1.51. The van der Waals surface area contributed by atoms with E-state index < -0.39 is 0 Å². The molecule has 1 aromatic carbocycles. The van der Waals surface area contributed by atoms with Crippen molar-refractivity contribution in [3.05, 3.63) is 29.1 Å². The zero-order chi connectivity index (χ0) is 14.7. The lowest BCUT2D eigenvalue weighted by atomic mass is 10.2. The smallest absolute Gasteiger partial charge is 0.264 e. The molecule has 0 atom stereocenters. The van der Waals surface area contributed by atoms with Crippen LogP contribution in [0.3, 0.4) is 0 Å². The van der Waals surface area contributed by atoms with Gasteiger partial charge in [0.1, 0.15) is 0 Å². The van der Waals surface area contributed by atoms with Gasteiger partial charge in [0.15, 0.2) is 0 Å². The number of methoxy groups -OCH3 is 1. The first-order valence-corrected chi connectivity index (χ1v) is 7.43. The first kappa shape index (κ1) is 14.8. The molecule has 1 aromatic heterocycles. The molecule has 2 aromatic rings. The molecule has 2 N–H and O–H groups in total. The summed E-state index contributed by atoms with van der Waals surface area (Å²) in [6.07, 6.45) is 0. The zero-order valence-electron chi connectivity index (χ0n) is 12.1. The van der Waals surface area contributed by atoms with Gasteiger partial charge >= 0.3 is 0 Å². The van der Waals surface area contributed by atoms with Crippen molar-refractivity contribution in [1.82, 2.24) is 4.90 Å². The minimum atomic E-state index is 0.0526. The van der Waals surface area contributed by atoms with Crippen molar-refractivity contribution in [1.29, 1.82) is 0 Å². The number of ether oxygens (including phenoxy) is 1. The van der Waals surface area contributed by atoms with Crippen LogP contribution in [0.4, 0.5) is 5.69 Å². The number of amides is 1. The van der Waals surface area contributed by atoms with Gasteiger partial charge in [-0.3, -0.25) is 4.79 Å². The summed E-state index contributed by atoms with van der Waals surface area (Å²) in [5.74, 6) is 0.0526. The van der Waals surface area contributed by atoms with Gasteiger partial charge in [-0.1, -0.05) is 0 Å². The van der Waals surface area contributed by atoms with E-state index >= 15 is 0 Å². The van der Waals surface area contributed by atoms with Crippen molar-refractivity contribution in [3.63, 3.8) is 0 Å². The second kappa shape index (κ2) is 6.24. The molecular weight excluding hydrogens is 272 g/mol. The molecule has 1 amide bonds. The number of fused-ring (bicyclic) bond motifs is 1. The first-order chi connectivity index (χ1) is 9.52. The van der Waals surface area contributed by atoms with Gasteiger partial charge < -0.3 is 15.4 Å². The van der Waals surface area contributed by atoms with Gasteiger partial charge in [-0.05, 0) is 43.5 Å². The first-order valence-electron chi connectivity index (χ1n) is 6.62. The Labute approximate surface area is 123 Å². The Morgan fingerprint density at radius 1 is 1.40 bits per heavy atom. The Balaban J connectivity index is 2.28. The van der Waals surface area contributed by atoms with E-state index in [1.54, 1.807) is 7.11 Å². The molecule has 20 heavy (non-hydrogen) atoms. The number of nitrogens with zero attached hydrogens (tertiary/aromatic N) is 1. The van der Waals surface area contributed by atoms with Gasteiger partial charge in [-0.25, -0.2) is 0 Å². The largest absolute Gasteiger partial charge is 0.399 e. The van der Waals surface area contributed by atoms with Gasteiger partial charge in [0.05, 0.1) is 11.5 Å². The van der Waals surface area contributed by atoms with E-state index in [1.165, 1.54) is 11.3 Å². The highest BCUT2D eigenvalue weighted by molar-refractivity contribution is 7.20. The molecule has 4 nitrogen and oxygen atoms in total. The fourth-order valence-electron chi connectivity index (χ4n) is 2.09. The summed E-state index contributed by atoms with van der Waals surface area (Å²) in [6, 6.07) is 7.78. The maximum absolute atomic E-state index is 12.6. The Kier molecular flexibility index (Phi) is 4.62. The van der Waals surface area contributed by atoms with Gasteiger partial charge in [-0.2, -0.15) is 0 Å². The van der Waals surface area contributed by atoms with Crippen LogP contribution in [-0.2, 0) is 4.74 Å². The number of anilines is 1. The number of carbonyl (C=O) groups is 1. The molecule has 0 bridgehead atoms. The Bertz CT molecular complexity index is 607. The van der Waals surface area contributed by atoms with E-state index in [9.17, 15) is 4.79 Å². The Hall–Kier alpha value is -1.59. The molecule has 5 heteroatoms. The van der Waals surface area contributed by atoms with Crippen LogP contribution in [0.25, 0.3) is 10.1 Å². The monoisotopic (exact) mass is 292 g/mol. The molecule has 0 radical (unpaired) electrons. The second-order valence-electron chi connectivity index (χ2n) is 4.99. The second-order valence-corrected chi connectivity index (χ2v) is 6.08. The third-order valence-electron chi connectivity index (χ3n) is 3.17. The Morgan fingerprint density at radius 2 is 2.15 bits per heavy atom. The summed E-state index contributed by atoms with van der Waals surface area (Å²) in [5, 5.41) is 1.02. The minimum Gasteiger partial charge on any atom is -0.399 e. The summed E-state index contributed by atoms with van der Waals surface area (Å²) in [6.45, 7) is 5.17. The summed E-state index contributed by atoms with van der Waals surface area (Å²) in [5.41, 5.74) is 6.49. The molecule has 108 valence electrons. The topological polar surface area (TPSA) is 55.6 Å². The van der Waals surface area contributed by atoms with Crippen LogP contribution >= 0.6 is 11.3 Å². The van der Waals surface area contributed by atoms with Crippen molar-refractivity contribution in [3.8, 4) is 0 Å². The SMILES string of the molecule is COCCN(C(=O)c1cc2cc(N)ccc2s1)C(C)C. The van der Waals surface area contributed by atoms with Crippen molar-refractivity contribution in [2.45, 2.75) is 19.9 Å². The Morgan fingerprint density at radius 3 is 2.80 bits per heavy atom. The molecule has 0 saturated heterocycles. The number of rotatable bonds is 5. The van der Waals surface area contributed by atoms with E-state index in [0.29, 0.717) is 13.2 Å². The highest BCUT2D eigenvalue weighted by atomic mass is 32.1. The predicted octanol–water partition coefficient (Wildman–Crippen LogP) is 2.98. The van der Waals surface area contributed by atoms with Crippen LogP contribution in [0, 0.1) is 0 Å². The van der Waals surface area contributed by atoms with Crippen molar-refractivity contribution >= 4 is 33.0 Å². The molecule has 0 aliphatic heterocycles. The number of hydrogen-bond acceptors (Lipinski definition) is 4. The summed E-state index contributed by atoms with van der Waals surface area (Å²) in [7, 11) is 1.64. The number of benzene rings is 1. The molecule has 0 spiro atoms. The number of thiophene rings is 1. The fourth-order valence-corrected chi connectivity index (χ4v) is 3.09. The van der Waals surface area contributed by atoms with Gasteiger partial charge in [0.2, 0.25) is 0 Å². The quantitative estimate of drug-likeness (QED) is 0.862. The molecule has 0 saturated carbocycles. The van der Waals surface area contributed by atoms with Crippen LogP contribution in [0.5, 0.6) is 0 Å². The molecule has 1 heterocycles. The van der Waals surface area contributed by atoms with E-state index in [0.717, 1.165) is 20.7 Å². The average molecular weight is 292 g/mol. The predicted molar refractivity (Wildman–Crippen MR) is 84.3 cm³/mol. The summed E-state index contributed by atoms with van der Waals surface area (Å²) in [4.78, 5) is 15.2. The third kappa shape index (κ3) is 3.11. The standard InChI is InChI=1S/C15H20N2O2S/c1-10(2)17(6-7-19-3)15(18)14-9-11-8-12(16)4-5-13(11)20-14/h4-5,8-10H,6-7,16H2,1-3H3. The lowest BCUT2D eigenvalue weighted by Crippen LogP contribution is -2.38. The van der Waals surface area contributed by atoms with E-state index in [2.05, 4.69) is 0 Å². The van der Waals surface area contributed by atoms with Crippen LogP contribution in [0.1, 0.15) is 23.5 Å². The highest BCUT2D eigenvalue weighted by Gasteiger charge is 2.20. The molecular formula is C15H20N2O2S.